The highest BCUT2D eigenvalue weighted by Crippen LogP contribution is 2.39. The van der Waals surface area contributed by atoms with E-state index in [1.165, 1.54) is 0 Å². The maximum Gasteiger partial charge on any atom is 0.234 e. The molecule has 0 aromatic rings. The van der Waals surface area contributed by atoms with Crippen LogP contribution in [0.25, 0.3) is 0 Å². The van der Waals surface area contributed by atoms with Gasteiger partial charge in [-0.15, -0.1) is 24.0 Å². The number of carbonyl (C=O) groups is 2. The van der Waals surface area contributed by atoms with E-state index in [0.29, 0.717) is 13.1 Å². The second-order valence-corrected chi connectivity index (χ2v) is 8.84. The van der Waals surface area contributed by atoms with Gasteiger partial charge in [0.05, 0.1) is 18.5 Å². The van der Waals surface area contributed by atoms with Crippen molar-refractivity contribution >= 4 is 41.8 Å². The van der Waals surface area contributed by atoms with Gasteiger partial charge in [-0.05, 0) is 33.6 Å². The van der Waals surface area contributed by atoms with Gasteiger partial charge in [-0.2, -0.15) is 0 Å². The number of guanidine groups is 1. The lowest BCUT2D eigenvalue weighted by atomic mass is 9.85. The molecule has 0 bridgehead atoms. The number of halogens is 1. The van der Waals surface area contributed by atoms with Gasteiger partial charge in [-0.25, -0.2) is 0 Å². The third-order valence-corrected chi connectivity index (χ3v) is 5.78. The fourth-order valence-corrected chi connectivity index (χ4v) is 4.31. The number of amides is 2. The van der Waals surface area contributed by atoms with E-state index in [1.807, 2.05) is 27.9 Å². The molecule has 0 spiro atoms. The highest BCUT2D eigenvalue weighted by molar-refractivity contribution is 14.0. The number of nitrogens with one attached hydrogen (secondary N) is 2. The Bertz CT molecular complexity index is 582. The normalized spacial score (nSPS) is 19.4. The predicted octanol–water partition coefficient (Wildman–Crippen LogP) is 1.36. The summed E-state index contributed by atoms with van der Waals surface area (Å²) in [4.78, 5) is 35.9. The smallest absolute Gasteiger partial charge is 0.234 e. The van der Waals surface area contributed by atoms with Crippen LogP contribution in [0.3, 0.4) is 0 Å². The molecule has 0 aromatic carbocycles. The van der Waals surface area contributed by atoms with Crippen molar-refractivity contribution in [3.05, 3.63) is 0 Å². The molecule has 1 aliphatic heterocycles. The minimum absolute atomic E-state index is 0. The Morgan fingerprint density at radius 3 is 2.20 bits per heavy atom. The predicted molar refractivity (Wildman–Crippen MR) is 132 cm³/mol. The van der Waals surface area contributed by atoms with Gasteiger partial charge in [0.25, 0.3) is 0 Å². The standard InChI is InChI=1S/C21H40N6O2.HI/c1-6-22-20(23-16-21(9-7-8-10-21)19(29)25(4)5)27-13-11-26(12-14-27)15-18(28)24-17(2)3;/h17H,6-16H2,1-5H3,(H,22,23)(H,24,28);1H. The molecule has 9 heteroatoms. The van der Waals surface area contributed by atoms with Gasteiger partial charge >= 0.3 is 0 Å². The van der Waals surface area contributed by atoms with Gasteiger partial charge in [0.2, 0.25) is 11.8 Å². The Kier molecular flexibility index (Phi) is 11.4. The molecule has 0 aromatic heterocycles. The summed E-state index contributed by atoms with van der Waals surface area (Å²) in [5.74, 6) is 1.17. The van der Waals surface area contributed by atoms with Crippen molar-refractivity contribution in [3.8, 4) is 0 Å². The van der Waals surface area contributed by atoms with E-state index >= 15 is 0 Å². The van der Waals surface area contributed by atoms with Crippen LogP contribution < -0.4 is 10.6 Å². The summed E-state index contributed by atoms with van der Waals surface area (Å²) in [5, 5.41) is 6.35. The topological polar surface area (TPSA) is 80.3 Å². The van der Waals surface area contributed by atoms with Gasteiger partial charge < -0.3 is 20.4 Å². The Balaban J connectivity index is 0.00000450. The molecule has 30 heavy (non-hydrogen) atoms. The molecule has 174 valence electrons. The van der Waals surface area contributed by atoms with Crippen LogP contribution in [-0.2, 0) is 9.59 Å². The average Bonchev–Trinajstić information content (AvgIpc) is 3.14. The lowest BCUT2D eigenvalue weighted by Gasteiger charge is -2.37. The van der Waals surface area contributed by atoms with Crippen LogP contribution >= 0.6 is 24.0 Å². The summed E-state index contributed by atoms with van der Waals surface area (Å²) in [7, 11) is 3.68. The van der Waals surface area contributed by atoms with Crippen LogP contribution in [0.15, 0.2) is 4.99 Å². The molecule has 0 radical (unpaired) electrons. The summed E-state index contributed by atoms with van der Waals surface area (Å²) < 4.78 is 0. The molecule has 2 N–H and O–H groups in total. The maximum absolute atomic E-state index is 12.8. The Morgan fingerprint density at radius 2 is 1.70 bits per heavy atom. The molecular formula is C21H41IN6O2. The fourth-order valence-electron chi connectivity index (χ4n) is 4.31. The van der Waals surface area contributed by atoms with Crippen molar-refractivity contribution in [1.29, 1.82) is 0 Å². The molecule has 2 amide bonds. The molecule has 1 saturated carbocycles. The van der Waals surface area contributed by atoms with Crippen molar-refractivity contribution in [2.45, 2.75) is 52.5 Å². The minimum atomic E-state index is -0.346. The monoisotopic (exact) mass is 536 g/mol. The van der Waals surface area contributed by atoms with Crippen LogP contribution in [-0.4, -0.2) is 98.4 Å². The van der Waals surface area contributed by atoms with Gasteiger partial charge in [0, 0.05) is 52.9 Å². The number of carbonyl (C=O) groups excluding carboxylic acids is 2. The van der Waals surface area contributed by atoms with E-state index in [2.05, 4.69) is 27.4 Å². The molecule has 1 aliphatic carbocycles. The molecular weight excluding hydrogens is 495 g/mol. The summed E-state index contributed by atoms with van der Waals surface area (Å²) in [6.07, 6.45) is 4.04. The van der Waals surface area contributed by atoms with Crippen molar-refractivity contribution < 1.29 is 9.59 Å². The lowest BCUT2D eigenvalue weighted by molar-refractivity contribution is -0.138. The van der Waals surface area contributed by atoms with Gasteiger partial charge in [-0.3, -0.25) is 19.5 Å². The molecule has 2 fully saturated rings. The van der Waals surface area contributed by atoms with Crippen molar-refractivity contribution in [1.82, 2.24) is 25.3 Å². The van der Waals surface area contributed by atoms with Crippen LogP contribution in [0.4, 0.5) is 0 Å². The van der Waals surface area contributed by atoms with Crippen molar-refractivity contribution in [2.75, 3.05) is 59.9 Å². The summed E-state index contributed by atoms with van der Waals surface area (Å²) in [6, 6.07) is 0.170. The molecule has 2 aliphatic rings. The quantitative estimate of drug-likeness (QED) is 0.292. The summed E-state index contributed by atoms with van der Waals surface area (Å²) in [5.41, 5.74) is -0.346. The number of rotatable bonds is 7. The van der Waals surface area contributed by atoms with Gasteiger partial charge in [0.1, 0.15) is 0 Å². The summed E-state index contributed by atoms with van der Waals surface area (Å²) >= 11 is 0. The van der Waals surface area contributed by atoms with Crippen molar-refractivity contribution in [2.24, 2.45) is 10.4 Å². The largest absolute Gasteiger partial charge is 0.357 e. The zero-order valence-electron chi connectivity index (χ0n) is 19.4. The van der Waals surface area contributed by atoms with Crippen LogP contribution in [0.2, 0.25) is 0 Å². The highest BCUT2D eigenvalue weighted by Gasteiger charge is 2.42. The number of hydrogen-bond acceptors (Lipinski definition) is 4. The third kappa shape index (κ3) is 7.55. The number of piperazine rings is 1. The van der Waals surface area contributed by atoms with E-state index in [4.69, 9.17) is 4.99 Å². The number of aliphatic imine (C=N–C) groups is 1. The maximum atomic E-state index is 12.8. The Morgan fingerprint density at radius 1 is 1.10 bits per heavy atom. The minimum Gasteiger partial charge on any atom is -0.357 e. The molecule has 0 unspecified atom stereocenters. The molecule has 0 atom stereocenters. The van der Waals surface area contributed by atoms with E-state index in [1.54, 1.807) is 4.90 Å². The Labute approximate surface area is 199 Å². The van der Waals surface area contributed by atoms with Crippen molar-refractivity contribution in [3.63, 3.8) is 0 Å². The average molecular weight is 537 g/mol. The zero-order chi connectivity index (χ0) is 21.4. The SMILES string of the molecule is CCNC(=NCC1(C(=O)N(C)C)CCCC1)N1CCN(CC(=O)NC(C)C)CC1.I. The van der Waals surface area contributed by atoms with E-state index in [0.717, 1.165) is 64.4 Å². The Hall–Kier alpha value is -1.10. The number of nitrogens with zero attached hydrogens (tertiary/aromatic N) is 4. The summed E-state index contributed by atoms with van der Waals surface area (Å²) in [6.45, 7) is 11.1. The second kappa shape index (κ2) is 12.7. The van der Waals surface area contributed by atoms with E-state index < -0.39 is 0 Å². The second-order valence-electron chi connectivity index (χ2n) is 8.84. The highest BCUT2D eigenvalue weighted by atomic mass is 127. The van der Waals surface area contributed by atoms with Gasteiger partial charge in [-0.1, -0.05) is 12.8 Å². The third-order valence-electron chi connectivity index (χ3n) is 5.78. The molecule has 8 nitrogen and oxygen atoms in total. The number of hydrogen-bond donors (Lipinski definition) is 2. The molecule has 1 saturated heterocycles. The first kappa shape index (κ1) is 26.9. The first-order valence-electron chi connectivity index (χ1n) is 11.0. The van der Waals surface area contributed by atoms with E-state index in [-0.39, 0.29) is 47.2 Å². The molecule has 1 heterocycles. The van der Waals surface area contributed by atoms with Crippen LogP contribution in [0.5, 0.6) is 0 Å². The van der Waals surface area contributed by atoms with Gasteiger partial charge in [0.15, 0.2) is 5.96 Å². The lowest BCUT2D eigenvalue weighted by Crippen LogP contribution is -2.54. The van der Waals surface area contributed by atoms with Crippen LogP contribution in [0, 0.1) is 5.41 Å². The fraction of sp³-hybridized carbons (Fsp3) is 0.857. The zero-order valence-corrected chi connectivity index (χ0v) is 21.7. The molecule has 2 rings (SSSR count). The first-order valence-corrected chi connectivity index (χ1v) is 11.0. The van der Waals surface area contributed by atoms with Crippen LogP contribution in [0.1, 0.15) is 46.5 Å². The first-order chi connectivity index (χ1) is 13.8. The van der Waals surface area contributed by atoms with E-state index in [9.17, 15) is 9.59 Å².